The third-order valence-corrected chi connectivity index (χ3v) is 6.52. The summed E-state index contributed by atoms with van der Waals surface area (Å²) in [5.74, 6) is 1.29. The maximum absolute atomic E-state index is 11.6. The average molecular weight is 421 g/mol. The third-order valence-electron chi connectivity index (χ3n) is 5.51. The Morgan fingerprint density at radius 1 is 1.12 bits per heavy atom. The van der Waals surface area contributed by atoms with Crippen molar-refractivity contribution in [3.63, 3.8) is 0 Å². The van der Waals surface area contributed by atoms with Gasteiger partial charge in [-0.15, -0.1) is 11.3 Å². The van der Waals surface area contributed by atoms with Crippen LogP contribution < -0.4 is 21.9 Å². The second-order valence-corrected chi connectivity index (χ2v) is 7.93. The number of hydrogen-bond donors (Lipinski definition) is 1. The molecule has 0 saturated carbocycles. The zero-order valence-corrected chi connectivity index (χ0v) is 17.2. The second-order valence-electron chi connectivity index (χ2n) is 6.98. The van der Waals surface area contributed by atoms with Crippen LogP contribution in [-0.4, -0.2) is 28.6 Å². The quantitative estimate of drug-likeness (QED) is 0.734. The summed E-state index contributed by atoms with van der Waals surface area (Å²) in [5.41, 5.74) is 2.96. The molecule has 25 heavy (non-hydrogen) atoms. The van der Waals surface area contributed by atoms with Crippen LogP contribution in [0.3, 0.4) is 0 Å². The van der Waals surface area contributed by atoms with Gasteiger partial charge in [-0.25, -0.2) is 9.48 Å². The molecule has 3 nitrogen and oxygen atoms in total. The van der Waals surface area contributed by atoms with Crippen molar-refractivity contribution in [1.82, 2.24) is 0 Å². The second kappa shape index (κ2) is 7.22. The van der Waals surface area contributed by atoms with E-state index < -0.39 is 5.72 Å². The smallest absolute Gasteiger partial charge is 0.280 e. The number of benzene rings is 1. The molecule has 1 aromatic heterocycles. The first-order chi connectivity index (χ1) is 11.6. The molecule has 2 aromatic rings. The van der Waals surface area contributed by atoms with Crippen molar-refractivity contribution in [2.45, 2.75) is 45.3 Å². The van der Waals surface area contributed by atoms with E-state index in [2.05, 4.69) is 53.0 Å². The van der Waals surface area contributed by atoms with E-state index in [9.17, 15) is 5.11 Å². The molecule has 0 fully saturated rings. The van der Waals surface area contributed by atoms with Crippen LogP contribution in [-0.2, 0) is 5.72 Å². The Hall–Kier alpha value is -1.17. The number of β-amino-alcohol motifs (C(OH)–C–C–N with tert-alkyl or cyclic N) is 1. The normalized spacial score (nSPS) is 23.2. The summed E-state index contributed by atoms with van der Waals surface area (Å²) in [6, 6.07) is 10.6. The monoisotopic (exact) mass is 420 g/mol. The highest BCUT2D eigenvalue weighted by Gasteiger charge is 2.52. The Balaban J connectivity index is 0.00000182. The van der Waals surface area contributed by atoms with Crippen LogP contribution in [0.1, 0.15) is 41.7 Å². The Morgan fingerprint density at radius 3 is 2.72 bits per heavy atom. The molecular formula is C20H25BrN2OS. The summed E-state index contributed by atoms with van der Waals surface area (Å²) in [6.45, 7) is 5.91. The molecule has 0 bridgehead atoms. The minimum absolute atomic E-state index is 0. The van der Waals surface area contributed by atoms with Crippen molar-refractivity contribution < 1.29 is 26.7 Å². The average Bonchev–Trinajstić information content (AvgIpc) is 3.12. The fourth-order valence-corrected chi connectivity index (χ4v) is 4.86. The van der Waals surface area contributed by atoms with Gasteiger partial charge in [0.1, 0.15) is 5.69 Å². The highest BCUT2D eigenvalue weighted by atomic mass is 79.9. The lowest BCUT2D eigenvalue weighted by Crippen LogP contribution is -3.00. The SMILES string of the molecule is Cc1cccc(N2CC(O)(c3cccs3)[N+]3=C2CCCCC3)c1C.[Br-]. The van der Waals surface area contributed by atoms with Crippen molar-refractivity contribution in [2.24, 2.45) is 0 Å². The van der Waals surface area contributed by atoms with Crippen molar-refractivity contribution >= 4 is 22.9 Å². The Kier molecular flexibility index (Phi) is 5.37. The van der Waals surface area contributed by atoms with Crippen molar-refractivity contribution in [3.05, 3.63) is 51.7 Å². The number of halogens is 1. The van der Waals surface area contributed by atoms with Crippen LogP contribution >= 0.6 is 11.3 Å². The van der Waals surface area contributed by atoms with E-state index >= 15 is 0 Å². The summed E-state index contributed by atoms with van der Waals surface area (Å²) in [4.78, 5) is 3.42. The van der Waals surface area contributed by atoms with Gasteiger partial charge >= 0.3 is 0 Å². The molecule has 3 heterocycles. The maximum Gasteiger partial charge on any atom is 0.280 e. The van der Waals surface area contributed by atoms with Crippen LogP contribution in [0.25, 0.3) is 0 Å². The molecule has 1 N–H and O–H groups in total. The molecule has 4 rings (SSSR count). The van der Waals surface area contributed by atoms with E-state index in [4.69, 9.17) is 0 Å². The van der Waals surface area contributed by atoms with Crippen LogP contribution in [0.15, 0.2) is 35.7 Å². The number of hydrogen-bond acceptors (Lipinski definition) is 3. The zero-order chi connectivity index (χ0) is 16.7. The molecule has 0 spiro atoms. The molecular weight excluding hydrogens is 396 g/mol. The number of anilines is 1. The van der Waals surface area contributed by atoms with E-state index in [1.54, 1.807) is 11.3 Å². The van der Waals surface area contributed by atoms with E-state index in [-0.39, 0.29) is 17.0 Å². The summed E-state index contributed by atoms with van der Waals surface area (Å²) >= 11 is 1.65. The molecule has 0 amide bonds. The highest BCUT2D eigenvalue weighted by molar-refractivity contribution is 7.10. The van der Waals surface area contributed by atoms with Gasteiger partial charge in [0.05, 0.1) is 11.4 Å². The van der Waals surface area contributed by atoms with E-state index in [1.807, 2.05) is 6.07 Å². The highest BCUT2D eigenvalue weighted by Crippen LogP contribution is 2.38. The standard InChI is InChI=1S/C20H25N2OS.BrH/c1-15-8-6-9-17(16(15)2)21-14-20(23,18-10-7-13-24-18)22-12-5-3-4-11-19(21)22;/h6-10,13,23H,3-5,11-12,14H2,1-2H3;1H/q+1;/p-1. The number of aliphatic hydroxyl groups is 1. The van der Waals surface area contributed by atoms with Crippen molar-refractivity contribution in [2.75, 3.05) is 18.0 Å². The number of nitrogens with zero attached hydrogens (tertiary/aromatic N) is 2. The summed E-state index contributed by atoms with van der Waals surface area (Å²) in [5, 5.41) is 13.7. The predicted octanol–water partition coefficient (Wildman–Crippen LogP) is 1.02. The van der Waals surface area contributed by atoms with Crippen LogP contribution in [0.4, 0.5) is 5.69 Å². The summed E-state index contributed by atoms with van der Waals surface area (Å²) < 4.78 is 2.27. The molecule has 5 heteroatoms. The Morgan fingerprint density at radius 2 is 1.96 bits per heavy atom. The summed E-state index contributed by atoms with van der Waals surface area (Å²) in [7, 11) is 0. The number of amidine groups is 1. The van der Waals surface area contributed by atoms with E-state index in [1.165, 1.54) is 35.5 Å². The molecule has 1 aromatic carbocycles. The third kappa shape index (κ3) is 3.07. The van der Waals surface area contributed by atoms with Crippen molar-refractivity contribution in [3.8, 4) is 0 Å². The molecule has 0 aliphatic carbocycles. The Labute approximate surface area is 164 Å². The zero-order valence-electron chi connectivity index (χ0n) is 14.8. The first kappa shape index (κ1) is 18.6. The predicted molar refractivity (Wildman–Crippen MR) is 100 cm³/mol. The molecule has 1 atom stereocenters. The number of aryl methyl sites for hydroxylation is 1. The van der Waals surface area contributed by atoms with Gasteiger partial charge in [-0.05, 0) is 61.7 Å². The van der Waals surface area contributed by atoms with Crippen LogP contribution in [0, 0.1) is 13.8 Å². The maximum atomic E-state index is 11.6. The minimum atomic E-state index is -0.899. The molecule has 134 valence electrons. The van der Waals surface area contributed by atoms with Crippen LogP contribution in [0.2, 0.25) is 0 Å². The number of rotatable bonds is 2. The van der Waals surface area contributed by atoms with Gasteiger partial charge in [0, 0.05) is 6.42 Å². The fraction of sp³-hybridized carbons (Fsp3) is 0.450. The van der Waals surface area contributed by atoms with Crippen LogP contribution in [0.5, 0.6) is 0 Å². The van der Waals surface area contributed by atoms with Gasteiger partial charge in [-0.3, -0.25) is 0 Å². The number of thiophene rings is 1. The lowest BCUT2D eigenvalue weighted by atomic mass is 10.1. The lowest BCUT2D eigenvalue weighted by molar-refractivity contribution is -0.657. The minimum Gasteiger partial charge on any atom is -1.00 e. The van der Waals surface area contributed by atoms with E-state index in [0.29, 0.717) is 6.54 Å². The van der Waals surface area contributed by atoms with Gasteiger partial charge < -0.3 is 22.1 Å². The van der Waals surface area contributed by atoms with Gasteiger partial charge in [0.15, 0.2) is 6.54 Å². The summed E-state index contributed by atoms with van der Waals surface area (Å²) in [6.07, 6.45) is 4.63. The lowest BCUT2D eigenvalue weighted by Gasteiger charge is -2.22. The first-order valence-corrected chi connectivity index (χ1v) is 9.73. The fourth-order valence-electron chi connectivity index (χ4n) is 4.04. The molecule has 0 radical (unpaired) electrons. The topological polar surface area (TPSA) is 26.5 Å². The van der Waals surface area contributed by atoms with Gasteiger partial charge in [-0.2, -0.15) is 0 Å². The molecule has 2 aliphatic rings. The molecule has 2 aliphatic heterocycles. The van der Waals surface area contributed by atoms with Crippen molar-refractivity contribution in [1.29, 1.82) is 0 Å². The first-order valence-electron chi connectivity index (χ1n) is 8.85. The van der Waals surface area contributed by atoms with Gasteiger partial charge in [0.2, 0.25) is 0 Å². The molecule has 0 saturated heterocycles. The molecule has 1 unspecified atom stereocenters. The van der Waals surface area contributed by atoms with Gasteiger partial charge in [0.25, 0.3) is 11.6 Å². The Bertz CT molecular complexity index is 787. The largest absolute Gasteiger partial charge is 1.00 e. The van der Waals surface area contributed by atoms with Gasteiger partial charge in [-0.1, -0.05) is 18.2 Å². The van der Waals surface area contributed by atoms with E-state index in [0.717, 1.165) is 24.3 Å².